The minimum atomic E-state index is -0.451. The second kappa shape index (κ2) is 8.05. The number of carbonyl (C=O) groups is 1. The maximum atomic E-state index is 12.1. The van der Waals surface area contributed by atoms with Crippen LogP contribution in [0.4, 0.5) is 0 Å². The normalized spacial score (nSPS) is 12.0. The number of ether oxygens (including phenoxy) is 2. The van der Waals surface area contributed by atoms with E-state index in [9.17, 15) is 4.79 Å². The molecule has 8 heteroatoms. The summed E-state index contributed by atoms with van der Waals surface area (Å²) >= 11 is 6.14. The number of nitrogens with zero attached hydrogens (tertiary/aromatic N) is 3. The Morgan fingerprint density at radius 1 is 1.35 bits per heavy atom. The predicted octanol–water partition coefficient (Wildman–Crippen LogP) is 3.57. The number of aromatic nitrogens is 4. The van der Waals surface area contributed by atoms with Gasteiger partial charge in [0, 0.05) is 0 Å². The van der Waals surface area contributed by atoms with Crippen molar-refractivity contribution in [1.29, 1.82) is 0 Å². The summed E-state index contributed by atoms with van der Waals surface area (Å²) < 4.78 is 12.9. The Morgan fingerprint density at radius 3 is 2.92 bits per heavy atom. The van der Waals surface area contributed by atoms with Crippen molar-refractivity contribution in [1.82, 2.24) is 19.7 Å². The average Bonchev–Trinajstić information content (AvgIpc) is 3.25. The van der Waals surface area contributed by atoms with Gasteiger partial charge in [-0.05, 0) is 26.0 Å². The second-order valence-corrected chi connectivity index (χ2v) is 6.08. The number of para-hydroxylation sites is 1. The third-order valence-corrected chi connectivity index (χ3v) is 4.04. The van der Waals surface area contributed by atoms with Crippen LogP contribution in [0.3, 0.4) is 0 Å². The average molecular weight is 375 g/mol. The van der Waals surface area contributed by atoms with Gasteiger partial charge in [-0.3, -0.25) is 5.10 Å². The summed E-state index contributed by atoms with van der Waals surface area (Å²) in [6.45, 7) is 4.51. The molecule has 1 N–H and O–H groups in total. The van der Waals surface area contributed by atoms with Crippen molar-refractivity contribution in [2.24, 2.45) is 0 Å². The number of halogens is 1. The van der Waals surface area contributed by atoms with Crippen LogP contribution in [0.15, 0.2) is 43.0 Å². The van der Waals surface area contributed by atoms with Gasteiger partial charge < -0.3 is 14.0 Å². The molecule has 1 atom stereocenters. The van der Waals surface area contributed by atoms with E-state index in [2.05, 4.69) is 15.2 Å². The lowest BCUT2D eigenvalue weighted by atomic mass is 10.2. The van der Waals surface area contributed by atoms with Gasteiger partial charge >= 0.3 is 5.97 Å². The number of benzene rings is 1. The second-order valence-electron chi connectivity index (χ2n) is 5.67. The number of H-pyrrole nitrogens is 1. The molecule has 0 radical (unpaired) electrons. The van der Waals surface area contributed by atoms with Crippen molar-refractivity contribution in [2.45, 2.75) is 26.5 Å². The Hall–Kier alpha value is -2.80. The number of esters is 1. The van der Waals surface area contributed by atoms with Crippen LogP contribution < -0.4 is 4.74 Å². The maximum Gasteiger partial charge on any atom is 0.357 e. The standard InChI is InChI=1S/C18H19ClN4O3/c1-3-25-18(24)17-13(8-21-22-17)15-9-20-11-23(15)10-12(2)26-16-7-5-4-6-14(16)19/h4-9,11-12H,3,10H2,1-2H3,(H,21,22). The van der Waals surface area contributed by atoms with Crippen LogP contribution in [0.25, 0.3) is 11.3 Å². The topological polar surface area (TPSA) is 82.0 Å². The Morgan fingerprint density at radius 2 is 2.15 bits per heavy atom. The van der Waals surface area contributed by atoms with E-state index in [1.807, 2.05) is 29.7 Å². The van der Waals surface area contributed by atoms with E-state index in [4.69, 9.17) is 21.1 Å². The van der Waals surface area contributed by atoms with Crippen LogP contribution in [0.5, 0.6) is 5.75 Å². The van der Waals surface area contributed by atoms with E-state index in [0.29, 0.717) is 35.2 Å². The third kappa shape index (κ3) is 3.88. The van der Waals surface area contributed by atoms with Gasteiger partial charge in [0.1, 0.15) is 11.9 Å². The van der Waals surface area contributed by atoms with Gasteiger partial charge in [-0.1, -0.05) is 23.7 Å². The van der Waals surface area contributed by atoms with Crippen molar-refractivity contribution in [2.75, 3.05) is 6.61 Å². The fourth-order valence-electron chi connectivity index (χ4n) is 2.60. The van der Waals surface area contributed by atoms with Crippen LogP contribution >= 0.6 is 11.6 Å². The number of hydrogen-bond acceptors (Lipinski definition) is 5. The highest BCUT2D eigenvalue weighted by Gasteiger charge is 2.20. The number of nitrogens with one attached hydrogen (secondary N) is 1. The molecule has 0 amide bonds. The largest absolute Gasteiger partial charge is 0.487 e. The van der Waals surface area contributed by atoms with Crippen molar-refractivity contribution >= 4 is 17.6 Å². The first-order chi connectivity index (χ1) is 12.6. The quantitative estimate of drug-likeness (QED) is 0.639. The molecule has 0 spiro atoms. The molecule has 0 fully saturated rings. The molecule has 136 valence electrons. The first-order valence-electron chi connectivity index (χ1n) is 8.22. The van der Waals surface area contributed by atoms with E-state index in [-0.39, 0.29) is 6.10 Å². The lowest BCUT2D eigenvalue weighted by molar-refractivity contribution is 0.0520. The van der Waals surface area contributed by atoms with Gasteiger partial charge in [-0.25, -0.2) is 9.78 Å². The van der Waals surface area contributed by atoms with E-state index >= 15 is 0 Å². The van der Waals surface area contributed by atoms with Gasteiger partial charge in [-0.2, -0.15) is 5.10 Å². The molecule has 1 aromatic carbocycles. The lowest BCUT2D eigenvalue weighted by Crippen LogP contribution is -2.20. The van der Waals surface area contributed by atoms with E-state index in [1.54, 1.807) is 31.7 Å². The Kier molecular flexibility index (Phi) is 5.58. The van der Waals surface area contributed by atoms with Crippen molar-refractivity contribution in [3.05, 3.63) is 53.7 Å². The summed E-state index contributed by atoms with van der Waals surface area (Å²) in [6, 6.07) is 7.32. The van der Waals surface area contributed by atoms with Crippen LogP contribution in [0, 0.1) is 0 Å². The van der Waals surface area contributed by atoms with Gasteiger partial charge in [0.25, 0.3) is 0 Å². The number of aromatic amines is 1. The van der Waals surface area contributed by atoms with E-state index in [0.717, 1.165) is 5.69 Å². The van der Waals surface area contributed by atoms with E-state index in [1.165, 1.54) is 0 Å². The number of carbonyl (C=O) groups excluding carboxylic acids is 1. The van der Waals surface area contributed by atoms with Gasteiger partial charge in [0.15, 0.2) is 5.69 Å². The highest BCUT2D eigenvalue weighted by Crippen LogP contribution is 2.26. The van der Waals surface area contributed by atoms with Crippen molar-refractivity contribution in [3.63, 3.8) is 0 Å². The highest BCUT2D eigenvalue weighted by molar-refractivity contribution is 6.32. The third-order valence-electron chi connectivity index (χ3n) is 3.73. The zero-order valence-electron chi connectivity index (χ0n) is 14.5. The molecular formula is C18H19ClN4O3. The van der Waals surface area contributed by atoms with Crippen LogP contribution in [0.2, 0.25) is 5.02 Å². The van der Waals surface area contributed by atoms with Crippen LogP contribution in [-0.4, -0.2) is 38.4 Å². The molecule has 0 aliphatic carbocycles. The van der Waals surface area contributed by atoms with Gasteiger partial charge in [0.2, 0.25) is 0 Å². The SMILES string of the molecule is CCOC(=O)c1[nH]ncc1-c1cncn1CC(C)Oc1ccccc1Cl. The molecule has 3 rings (SSSR count). The van der Waals surface area contributed by atoms with Crippen LogP contribution in [-0.2, 0) is 11.3 Å². The number of imidazole rings is 1. The minimum absolute atomic E-state index is 0.166. The summed E-state index contributed by atoms with van der Waals surface area (Å²) in [7, 11) is 0. The molecule has 0 bridgehead atoms. The molecule has 0 aliphatic rings. The summed E-state index contributed by atoms with van der Waals surface area (Å²) in [5, 5.41) is 7.22. The van der Waals surface area contributed by atoms with Crippen molar-refractivity contribution < 1.29 is 14.3 Å². The fourth-order valence-corrected chi connectivity index (χ4v) is 2.78. The molecule has 1 unspecified atom stereocenters. The fraction of sp³-hybridized carbons (Fsp3) is 0.278. The smallest absolute Gasteiger partial charge is 0.357 e. The Bertz CT molecular complexity index is 890. The summed E-state index contributed by atoms with van der Waals surface area (Å²) in [5.41, 5.74) is 1.68. The van der Waals surface area contributed by atoms with Gasteiger partial charge in [0.05, 0.1) is 48.2 Å². The van der Waals surface area contributed by atoms with Crippen molar-refractivity contribution in [3.8, 4) is 17.0 Å². The van der Waals surface area contributed by atoms with Crippen LogP contribution in [0.1, 0.15) is 24.3 Å². The first-order valence-corrected chi connectivity index (χ1v) is 8.60. The molecule has 2 aromatic heterocycles. The van der Waals surface area contributed by atoms with E-state index < -0.39 is 5.97 Å². The molecule has 0 saturated heterocycles. The highest BCUT2D eigenvalue weighted by atomic mass is 35.5. The van der Waals surface area contributed by atoms with Gasteiger partial charge in [-0.15, -0.1) is 0 Å². The lowest BCUT2D eigenvalue weighted by Gasteiger charge is -2.17. The molecule has 0 saturated carbocycles. The summed E-state index contributed by atoms with van der Waals surface area (Å²) in [6.07, 6.45) is 4.78. The Labute approximate surface area is 155 Å². The summed E-state index contributed by atoms with van der Waals surface area (Å²) in [5.74, 6) is 0.173. The molecule has 3 aromatic rings. The number of rotatable bonds is 7. The molecule has 0 aliphatic heterocycles. The zero-order valence-corrected chi connectivity index (χ0v) is 15.2. The number of hydrogen-bond donors (Lipinski definition) is 1. The molecular weight excluding hydrogens is 356 g/mol. The minimum Gasteiger partial charge on any atom is -0.487 e. The molecule has 26 heavy (non-hydrogen) atoms. The summed E-state index contributed by atoms with van der Waals surface area (Å²) in [4.78, 5) is 16.3. The molecule has 7 nitrogen and oxygen atoms in total. The zero-order chi connectivity index (χ0) is 18.5. The Balaban J connectivity index is 1.78. The molecule has 2 heterocycles. The monoisotopic (exact) mass is 374 g/mol. The first kappa shape index (κ1) is 18.0. The predicted molar refractivity (Wildman–Crippen MR) is 97.3 cm³/mol. The maximum absolute atomic E-state index is 12.1.